The van der Waals surface area contributed by atoms with E-state index in [1.54, 1.807) is 14.2 Å². The number of aryl methyl sites for hydroxylation is 1. The number of fused-ring (bicyclic) bond motifs is 1. The largest absolute Gasteiger partial charge is 0.495 e. The van der Waals surface area contributed by atoms with Crippen LogP contribution in [0.25, 0.3) is 27.6 Å². The van der Waals surface area contributed by atoms with Crippen LogP contribution in [0.4, 0.5) is 11.5 Å². The third kappa shape index (κ3) is 4.35. The highest BCUT2D eigenvalue weighted by Gasteiger charge is 2.12. The van der Waals surface area contributed by atoms with Crippen molar-refractivity contribution in [3.8, 4) is 17.0 Å². The van der Waals surface area contributed by atoms with Gasteiger partial charge in [0.2, 0.25) is 0 Å². The molecule has 0 unspecified atom stereocenters. The molecule has 0 amide bonds. The molecule has 174 valence electrons. The van der Waals surface area contributed by atoms with Gasteiger partial charge in [-0.2, -0.15) is 0 Å². The number of aliphatic hydroxyl groups is 1. The predicted octanol–water partition coefficient (Wildman–Crippen LogP) is 4.06. The lowest BCUT2D eigenvalue weighted by Gasteiger charge is -2.14. The van der Waals surface area contributed by atoms with E-state index in [0.29, 0.717) is 22.9 Å². The third-order valence-corrected chi connectivity index (χ3v) is 5.91. The average molecular weight is 457 g/mol. The minimum atomic E-state index is -0.186. The lowest BCUT2D eigenvalue weighted by molar-refractivity contribution is 0.358. The number of hydrogen-bond donors (Lipinski definition) is 3. The van der Waals surface area contributed by atoms with E-state index < -0.39 is 0 Å². The Morgan fingerprint density at radius 3 is 2.62 bits per heavy atom. The van der Waals surface area contributed by atoms with Crippen LogP contribution in [0.2, 0.25) is 0 Å². The highest BCUT2D eigenvalue weighted by Crippen LogP contribution is 2.33. The fourth-order valence-corrected chi connectivity index (χ4v) is 3.87. The van der Waals surface area contributed by atoms with Crippen molar-refractivity contribution >= 4 is 33.6 Å². The number of nitrogens with zero attached hydrogens (tertiary/aromatic N) is 4. The first-order chi connectivity index (χ1) is 16.5. The van der Waals surface area contributed by atoms with Crippen molar-refractivity contribution in [2.45, 2.75) is 6.92 Å². The molecule has 4 N–H and O–H groups in total. The molecule has 0 aliphatic carbocycles. The van der Waals surface area contributed by atoms with Gasteiger partial charge in [-0.25, -0.2) is 9.97 Å². The van der Waals surface area contributed by atoms with E-state index in [1.165, 1.54) is 6.20 Å². The molecule has 0 atom stereocenters. The van der Waals surface area contributed by atoms with Crippen molar-refractivity contribution in [1.82, 2.24) is 14.5 Å². The molecule has 0 spiro atoms. The maximum atomic E-state index is 9.60. The molecule has 0 saturated carbocycles. The maximum Gasteiger partial charge on any atom is 0.143 e. The molecule has 34 heavy (non-hydrogen) atoms. The number of imidazole rings is 1. The smallest absolute Gasteiger partial charge is 0.143 e. The fraction of sp³-hybridized carbons (Fsp3) is 0.192. The number of aliphatic hydroxyl groups excluding tert-OH is 1. The molecule has 4 aromatic rings. The number of aromatic nitrogens is 3. The summed E-state index contributed by atoms with van der Waals surface area (Å²) in [6.07, 6.45) is 5.14. The third-order valence-electron chi connectivity index (χ3n) is 5.91. The SMILES string of the molecule is CN=C(CO)C(=CN)c1ccc2cnc(Nc3ccc(-c4cnc(C)n4C)cc3OC)cc2c1. The number of pyridine rings is 1. The van der Waals surface area contributed by atoms with Crippen molar-refractivity contribution in [2.75, 3.05) is 26.1 Å². The minimum Gasteiger partial charge on any atom is -0.495 e. The molecule has 2 aromatic carbocycles. The van der Waals surface area contributed by atoms with Crippen LogP contribution in [-0.4, -0.2) is 46.1 Å². The van der Waals surface area contributed by atoms with Crippen molar-refractivity contribution < 1.29 is 9.84 Å². The van der Waals surface area contributed by atoms with Gasteiger partial charge in [0.15, 0.2) is 0 Å². The van der Waals surface area contributed by atoms with E-state index in [1.807, 2.05) is 73.4 Å². The van der Waals surface area contributed by atoms with E-state index >= 15 is 0 Å². The van der Waals surface area contributed by atoms with Gasteiger partial charge in [-0.15, -0.1) is 0 Å². The Labute approximate surface area is 198 Å². The quantitative estimate of drug-likeness (QED) is 0.362. The molecular weight excluding hydrogens is 428 g/mol. The molecule has 0 bridgehead atoms. The molecule has 0 aliphatic rings. The van der Waals surface area contributed by atoms with E-state index in [0.717, 1.165) is 39.1 Å². The molecule has 0 fully saturated rings. The lowest BCUT2D eigenvalue weighted by Crippen LogP contribution is -2.09. The summed E-state index contributed by atoms with van der Waals surface area (Å²) in [6, 6.07) is 13.9. The number of nitrogens with two attached hydrogens (primary N) is 1. The first kappa shape index (κ1) is 23.0. The van der Waals surface area contributed by atoms with Gasteiger partial charge in [-0.3, -0.25) is 4.99 Å². The number of ether oxygens (including phenoxy) is 1. The number of aliphatic imine (C=N–C) groups is 1. The monoisotopic (exact) mass is 456 g/mol. The Morgan fingerprint density at radius 1 is 1.15 bits per heavy atom. The molecule has 8 heteroatoms. The molecule has 8 nitrogen and oxygen atoms in total. The second-order valence-electron chi connectivity index (χ2n) is 7.83. The Balaban J connectivity index is 1.67. The van der Waals surface area contributed by atoms with E-state index in [2.05, 4.69) is 20.3 Å². The van der Waals surface area contributed by atoms with Gasteiger partial charge in [0.25, 0.3) is 0 Å². The van der Waals surface area contributed by atoms with Crippen molar-refractivity contribution in [3.05, 3.63) is 72.4 Å². The average Bonchev–Trinajstić information content (AvgIpc) is 3.20. The van der Waals surface area contributed by atoms with Gasteiger partial charge in [-0.05, 0) is 42.1 Å². The summed E-state index contributed by atoms with van der Waals surface area (Å²) in [5.74, 6) is 2.32. The summed E-state index contributed by atoms with van der Waals surface area (Å²) in [5.41, 5.74) is 10.8. The van der Waals surface area contributed by atoms with Crippen molar-refractivity contribution in [2.24, 2.45) is 17.8 Å². The van der Waals surface area contributed by atoms with Gasteiger partial charge < -0.3 is 25.5 Å². The Morgan fingerprint density at radius 2 is 1.97 bits per heavy atom. The van der Waals surface area contributed by atoms with E-state index in [9.17, 15) is 5.11 Å². The lowest BCUT2D eigenvalue weighted by atomic mass is 9.99. The summed E-state index contributed by atoms with van der Waals surface area (Å²) in [4.78, 5) is 13.1. The number of benzene rings is 2. The second-order valence-corrected chi connectivity index (χ2v) is 7.83. The summed E-state index contributed by atoms with van der Waals surface area (Å²) >= 11 is 0. The standard InChI is InChI=1S/C26H28N6O2/c1-16-29-14-24(32(16)3)18-7-8-22(25(10-18)34-4)31-26-11-20-9-17(5-6-19(20)13-30-26)21(12-27)23(15-33)28-2/h5-14,33H,15,27H2,1-4H3,(H,30,31). The summed E-state index contributed by atoms with van der Waals surface area (Å²) in [7, 11) is 5.27. The topological polar surface area (TPSA) is 111 Å². The zero-order valence-corrected chi connectivity index (χ0v) is 19.7. The molecular formula is C26H28N6O2. The van der Waals surface area contributed by atoms with E-state index in [-0.39, 0.29) is 6.61 Å². The van der Waals surface area contributed by atoms with Crippen LogP contribution >= 0.6 is 0 Å². The van der Waals surface area contributed by atoms with Gasteiger partial charge in [0.1, 0.15) is 17.4 Å². The van der Waals surface area contributed by atoms with Gasteiger partial charge in [-0.1, -0.05) is 18.2 Å². The van der Waals surface area contributed by atoms with Gasteiger partial charge in [0.05, 0.1) is 37.0 Å². The normalized spacial score (nSPS) is 12.3. The summed E-state index contributed by atoms with van der Waals surface area (Å²) in [5, 5.41) is 14.9. The molecule has 0 aliphatic heterocycles. The van der Waals surface area contributed by atoms with Crippen LogP contribution in [-0.2, 0) is 7.05 Å². The molecule has 0 saturated heterocycles. The number of methoxy groups -OCH3 is 1. The van der Waals surface area contributed by atoms with Crippen LogP contribution in [0.5, 0.6) is 5.75 Å². The van der Waals surface area contributed by atoms with Crippen LogP contribution < -0.4 is 15.8 Å². The van der Waals surface area contributed by atoms with Gasteiger partial charge in [0, 0.05) is 43.0 Å². The van der Waals surface area contributed by atoms with Crippen LogP contribution in [0, 0.1) is 6.92 Å². The fourth-order valence-electron chi connectivity index (χ4n) is 3.87. The number of nitrogens with one attached hydrogen (secondary N) is 1. The van der Waals surface area contributed by atoms with Gasteiger partial charge >= 0.3 is 0 Å². The zero-order chi connectivity index (χ0) is 24.2. The summed E-state index contributed by atoms with van der Waals surface area (Å²) < 4.78 is 7.69. The Bertz CT molecular complexity index is 1400. The van der Waals surface area contributed by atoms with Crippen molar-refractivity contribution in [1.29, 1.82) is 0 Å². The van der Waals surface area contributed by atoms with Crippen LogP contribution in [0.3, 0.4) is 0 Å². The molecule has 2 aromatic heterocycles. The molecule has 2 heterocycles. The Hall–Kier alpha value is -4.17. The minimum absolute atomic E-state index is 0.186. The second kappa shape index (κ2) is 9.76. The number of rotatable bonds is 7. The zero-order valence-electron chi connectivity index (χ0n) is 19.7. The molecule has 4 rings (SSSR count). The Kier molecular flexibility index (Phi) is 6.60. The molecule has 0 radical (unpaired) electrons. The van der Waals surface area contributed by atoms with Crippen LogP contribution in [0.1, 0.15) is 11.4 Å². The van der Waals surface area contributed by atoms with Crippen molar-refractivity contribution in [3.63, 3.8) is 0 Å². The maximum absolute atomic E-state index is 9.60. The highest BCUT2D eigenvalue weighted by molar-refractivity contribution is 6.24. The number of hydrogen-bond acceptors (Lipinski definition) is 7. The highest BCUT2D eigenvalue weighted by atomic mass is 16.5. The first-order valence-corrected chi connectivity index (χ1v) is 10.8. The predicted molar refractivity (Wildman–Crippen MR) is 138 cm³/mol. The number of anilines is 2. The summed E-state index contributed by atoms with van der Waals surface area (Å²) in [6.45, 7) is 1.79. The first-order valence-electron chi connectivity index (χ1n) is 10.8. The van der Waals surface area contributed by atoms with E-state index in [4.69, 9.17) is 10.5 Å². The van der Waals surface area contributed by atoms with Crippen LogP contribution in [0.15, 0.2) is 66.1 Å².